The van der Waals surface area contributed by atoms with Crippen molar-refractivity contribution in [1.82, 2.24) is 16.2 Å². The first-order valence-electron chi connectivity index (χ1n) is 8.35. The van der Waals surface area contributed by atoms with Gasteiger partial charge in [0.05, 0.1) is 20.8 Å². The second-order valence-corrected chi connectivity index (χ2v) is 5.82. The molecule has 3 N–H and O–H groups in total. The highest BCUT2D eigenvalue weighted by Crippen LogP contribution is 2.27. The number of thiocarbonyl (C=S) groups is 1. The van der Waals surface area contributed by atoms with Gasteiger partial charge in [-0.3, -0.25) is 15.6 Å². The van der Waals surface area contributed by atoms with E-state index in [1.807, 2.05) is 31.2 Å². The van der Waals surface area contributed by atoms with Gasteiger partial charge in [-0.2, -0.15) is 0 Å². The highest BCUT2D eigenvalue weighted by molar-refractivity contribution is 7.80. The summed E-state index contributed by atoms with van der Waals surface area (Å²) in [5.74, 6) is 1.52. The van der Waals surface area contributed by atoms with E-state index in [-0.39, 0.29) is 5.91 Å². The third-order valence-corrected chi connectivity index (χ3v) is 3.87. The lowest BCUT2D eigenvalue weighted by molar-refractivity contribution is 0.0943. The minimum Gasteiger partial charge on any atom is -0.497 e. The van der Waals surface area contributed by atoms with Crippen LogP contribution in [0.25, 0.3) is 0 Å². The minimum atomic E-state index is -0.343. The standard InChI is InChI=1S/C19H23N3O4S/c1-4-26-16-10-7-14(11-17(16)25-3)18(23)21-22-19(27)20-12-13-5-8-15(24-2)9-6-13/h5-11H,4,12H2,1-3H3,(H,21,23)(H2,20,22,27). The van der Waals surface area contributed by atoms with Gasteiger partial charge in [0.25, 0.3) is 5.91 Å². The van der Waals surface area contributed by atoms with E-state index in [2.05, 4.69) is 16.2 Å². The number of hydrazine groups is 1. The molecule has 2 aromatic rings. The van der Waals surface area contributed by atoms with Crippen LogP contribution in [0.5, 0.6) is 17.2 Å². The maximum absolute atomic E-state index is 12.3. The second kappa shape index (κ2) is 10.2. The van der Waals surface area contributed by atoms with Crippen molar-refractivity contribution in [2.24, 2.45) is 0 Å². The highest BCUT2D eigenvalue weighted by atomic mass is 32.1. The van der Waals surface area contributed by atoms with Crippen LogP contribution in [-0.4, -0.2) is 31.8 Å². The molecule has 1 amide bonds. The Balaban J connectivity index is 1.84. The summed E-state index contributed by atoms with van der Waals surface area (Å²) >= 11 is 5.17. The first kappa shape index (κ1) is 20.3. The van der Waals surface area contributed by atoms with E-state index in [9.17, 15) is 4.79 Å². The van der Waals surface area contributed by atoms with Crippen molar-refractivity contribution in [3.05, 3.63) is 53.6 Å². The number of hydrogen-bond acceptors (Lipinski definition) is 5. The molecule has 0 fully saturated rings. The molecule has 0 aliphatic heterocycles. The summed E-state index contributed by atoms with van der Waals surface area (Å²) in [5, 5.41) is 3.31. The average Bonchev–Trinajstić information content (AvgIpc) is 2.71. The summed E-state index contributed by atoms with van der Waals surface area (Å²) in [6.45, 7) is 2.91. The van der Waals surface area contributed by atoms with Crippen LogP contribution in [0, 0.1) is 0 Å². The van der Waals surface area contributed by atoms with Gasteiger partial charge in [0, 0.05) is 12.1 Å². The van der Waals surface area contributed by atoms with Gasteiger partial charge in [-0.1, -0.05) is 12.1 Å². The fourth-order valence-electron chi connectivity index (χ4n) is 2.24. The molecule has 144 valence electrons. The zero-order valence-corrected chi connectivity index (χ0v) is 16.3. The number of rotatable bonds is 7. The molecule has 27 heavy (non-hydrogen) atoms. The lowest BCUT2D eigenvalue weighted by Crippen LogP contribution is -2.46. The molecule has 2 rings (SSSR count). The van der Waals surface area contributed by atoms with Gasteiger partial charge in [0.1, 0.15) is 5.75 Å². The van der Waals surface area contributed by atoms with Crippen molar-refractivity contribution in [3.63, 3.8) is 0 Å². The number of amides is 1. The summed E-state index contributed by atoms with van der Waals surface area (Å²) in [6, 6.07) is 12.5. The topological polar surface area (TPSA) is 80.9 Å². The molecule has 0 saturated carbocycles. The Labute approximate surface area is 164 Å². The number of carbonyl (C=O) groups is 1. The molecule has 2 aromatic carbocycles. The van der Waals surface area contributed by atoms with Crippen LogP contribution >= 0.6 is 12.2 Å². The van der Waals surface area contributed by atoms with Gasteiger partial charge >= 0.3 is 0 Å². The molecule has 0 heterocycles. The number of benzene rings is 2. The summed E-state index contributed by atoms with van der Waals surface area (Å²) in [7, 11) is 3.14. The van der Waals surface area contributed by atoms with Gasteiger partial charge in [-0.15, -0.1) is 0 Å². The molecule has 0 unspecified atom stereocenters. The van der Waals surface area contributed by atoms with E-state index in [1.165, 1.54) is 7.11 Å². The predicted molar refractivity (Wildman–Crippen MR) is 107 cm³/mol. The average molecular weight is 389 g/mol. The first-order chi connectivity index (χ1) is 13.1. The van der Waals surface area contributed by atoms with Crippen LogP contribution in [0.4, 0.5) is 0 Å². The Hall–Kier alpha value is -3.00. The van der Waals surface area contributed by atoms with Gasteiger partial charge in [-0.05, 0) is 55.0 Å². The molecule has 0 bridgehead atoms. The Morgan fingerprint density at radius 1 is 1.00 bits per heavy atom. The molecule has 0 aliphatic carbocycles. The van der Waals surface area contributed by atoms with E-state index < -0.39 is 0 Å². The first-order valence-corrected chi connectivity index (χ1v) is 8.76. The maximum atomic E-state index is 12.3. The van der Waals surface area contributed by atoms with Gasteiger partial charge in [-0.25, -0.2) is 0 Å². The van der Waals surface area contributed by atoms with Crippen molar-refractivity contribution < 1.29 is 19.0 Å². The molecule has 0 aromatic heterocycles. The van der Waals surface area contributed by atoms with Crippen LogP contribution in [0.15, 0.2) is 42.5 Å². The van der Waals surface area contributed by atoms with Gasteiger partial charge in [0.15, 0.2) is 16.6 Å². The Morgan fingerprint density at radius 3 is 2.37 bits per heavy atom. The SMILES string of the molecule is CCOc1ccc(C(=O)NNC(=S)NCc2ccc(OC)cc2)cc1OC. The van der Waals surface area contributed by atoms with E-state index in [0.29, 0.717) is 35.3 Å². The lowest BCUT2D eigenvalue weighted by Gasteiger charge is -2.13. The number of nitrogens with one attached hydrogen (secondary N) is 3. The summed E-state index contributed by atoms with van der Waals surface area (Å²) in [6.07, 6.45) is 0. The molecule has 0 aliphatic rings. The quantitative estimate of drug-likeness (QED) is 0.496. The largest absolute Gasteiger partial charge is 0.497 e. The zero-order chi connectivity index (χ0) is 19.6. The number of carbonyl (C=O) groups excluding carboxylic acids is 1. The Kier molecular flexibility index (Phi) is 7.69. The van der Waals surface area contributed by atoms with Crippen LogP contribution in [-0.2, 0) is 6.54 Å². The lowest BCUT2D eigenvalue weighted by atomic mass is 10.2. The molecule has 0 spiro atoms. The van der Waals surface area contributed by atoms with E-state index in [0.717, 1.165) is 11.3 Å². The zero-order valence-electron chi connectivity index (χ0n) is 15.5. The summed E-state index contributed by atoms with van der Waals surface area (Å²) < 4.78 is 15.8. The monoisotopic (exact) mass is 389 g/mol. The number of ether oxygens (including phenoxy) is 3. The van der Waals surface area contributed by atoms with Crippen LogP contribution in [0.1, 0.15) is 22.8 Å². The van der Waals surface area contributed by atoms with Crippen molar-refractivity contribution in [2.75, 3.05) is 20.8 Å². The van der Waals surface area contributed by atoms with Gasteiger partial charge in [0.2, 0.25) is 0 Å². The van der Waals surface area contributed by atoms with E-state index >= 15 is 0 Å². The molecular weight excluding hydrogens is 366 g/mol. The summed E-state index contributed by atoms with van der Waals surface area (Å²) in [4.78, 5) is 12.3. The molecule has 0 saturated heterocycles. The molecule has 7 nitrogen and oxygen atoms in total. The Bertz CT molecular complexity index is 781. The fraction of sp³-hybridized carbons (Fsp3) is 0.263. The predicted octanol–water partition coefficient (Wildman–Crippen LogP) is 2.41. The minimum absolute atomic E-state index is 0.303. The Morgan fingerprint density at radius 2 is 1.74 bits per heavy atom. The van der Waals surface area contributed by atoms with Crippen LogP contribution < -0.4 is 30.4 Å². The number of methoxy groups -OCH3 is 2. The summed E-state index contributed by atoms with van der Waals surface area (Å²) in [5.41, 5.74) is 6.67. The van der Waals surface area contributed by atoms with Crippen molar-refractivity contribution in [3.8, 4) is 17.2 Å². The molecular formula is C19H23N3O4S. The number of hydrogen-bond donors (Lipinski definition) is 3. The third-order valence-electron chi connectivity index (χ3n) is 3.63. The maximum Gasteiger partial charge on any atom is 0.269 e. The molecule has 0 radical (unpaired) electrons. The van der Waals surface area contributed by atoms with Crippen molar-refractivity contribution in [1.29, 1.82) is 0 Å². The van der Waals surface area contributed by atoms with Crippen molar-refractivity contribution >= 4 is 23.2 Å². The normalized spacial score (nSPS) is 9.89. The molecule has 8 heteroatoms. The van der Waals surface area contributed by atoms with Crippen LogP contribution in [0.2, 0.25) is 0 Å². The van der Waals surface area contributed by atoms with Gasteiger partial charge < -0.3 is 19.5 Å². The van der Waals surface area contributed by atoms with Crippen LogP contribution in [0.3, 0.4) is 0 Å². The molecule has 0 atom stereocenters. The smallest absolute Gasteiger partial charge is 0.269 e. The third kappa shape index (κ3) is 6.03. The van der Waals surface area contributed by atoms with E-state index in [4.69, 9.17) is 26.4 Å². The van der Waals surface area contributed by atoms with Crippen molar-refractivity contribution in [2.45, 2.75) is 13.5 Å². The second-order valence-electron chi connectivity index (χ2n) is 5.41. The highest BCUT2D eigenvalue weighted by Gasteiger charge is 2.11. The fourth-order valence-corrected chi connectivity index (χ4v) is 2.36. The van der Waals surface area contributed by atoms with E-state index in [1.54, 1.807) is 25.3 Å².